The fourth-order valence-electron chi connectivity index (χ4n) is 3.47. The van der Waals surface area contributed by atoms with Gasteiger partial charge in [0.2, 0.25) is 0 Å². The molecule has 156 valence electrons. The third-order valence-electron chi connectivity index (χ3n) is 5.19. The Morgan fingerprint density at radius 3 is 2.32 bits per heavy atom. The molecule has 31 heavy (non-hydrogen) atoms. The summed E-state index contributed by atoms with van der Waals surface area (Å²) in [6.45, 7) is 6.52. The molecule has 0 radical (unpaired) electrons. The molecule has 0 saturated carbocycles. The number of amides is 2. The van der Waals surface area contributed by atoms with Crippen LogP contribution in [0.5, 0.6) is 0 Å². The molecule has 0 aliphatic carbocycles. The van der Waals surface area contributed by atoms with E-state index in [0.29, 0.717) is 16.9 Å². The number of pyridine rings is 1. The van der Waals surface area contributed by atoms with Crippen molar-refractivity contribution in [3.63, 3.8) is 0 Å². The van der Waals surface area contributed by atoms with Crippen LogP contribution in [-0.4, -0.2) is 21.2 Å². The van der Waals surface area contributed by atoms with Gasteiger partial charge in [-0.3, -0.25) is 9.59 Å². The second kappa shape index (κ2) is 7.72. The van der Waals surface area contributed by atoms with E-state index in [1.54, 1.807) is 22.7 Å². The summed E-state index contributed by atoms with van der Waals surface area (Å²) in [6, 6.07) is 19.3. The van der Waals surface area contributed by atoms with Crippen LogP contribution in [0.2, 0.25) is 0 Å². The molecular formula is C25H24N4O2. The normalized spacial score (nSPS) is 11.5. The fraction of sp³-hybridized carbons (Fsp3) is 0.160. The van der Waals surface area contributed by atoms with Gasteiger partial charge in [-0.1, -0.05) is 63.2 Å². The highest BCUT2D eigenvalue weighted by molar-refractivity contribution is 6.08. The molecule has 2 heterocycles. The predicted octanol–water partition coefficient (Wildman–Crippen LogP) is 4.65. The van der Waals surface area contributed by atoms with Crippen molar-refractivity contribution >= 4 is 23.1 Å². The van der Waals surface area contributed by atoms with E-state index in [1.807, 2.05) is 24.3 Å². The lowest BCUT2D eigenvalue weighted by Gasteiger charge is -2.19. The van der Waals surface area contributed by atoms with Crippen molar-refractivity contribution < 1.29 is 9.59 Å². The number of rotatable bonds is 4. The fourth-order valence-corrected chi connectivity index (χ4v) is 3.47. The van der Waals surface area contributed by atoms with Gasteiger partial charge >= 0.3 is 0 Å². The van der Waals surface area contributed by atoms with Gasteiger partial charge in [-0.15, -0.1) is 0 Å². The summed E-state index contributed by atoms with van der Waals surface area (Å²) < 4.78 is 1.66. The van der Waals surface area contributed by atoms with Crippen molar-refractivity contribution in [1.82, 2.24) is 9.38 Å². The number of benzene rings is 2. The second-order valence-corrected chi connectivity index (χ2v) is 8.50. The molecule has 2 amide bonds. The molecule has 6 nitrogen and oxygen atoms in total. The van der Waals surface area contributed by atoms with Gasteiger partial charge < -0.3 is 15.5 Å². The van der Waals surface area contributed by atoms with E-state index >= 15 is 0 Å². The van der Waals surface area contributed by atoms with Crippen LogP contribution >= 0.6 is 0 Å². The van der Waals surface area contributed by atoms with Gasteiger partial charge in [0.1, 0.15) is 11.3 Å². The van der Waals surface area contributed by atoms with Gasteiger partial charge in [-0.05, 0) is 40.3 Å². The first kappa shape index (κ1) is 20.3. The summed E-state index contributed by atoms with van der Waals surface area (Å²) in [4.78, 5) is 28.6. The molecule has 0 unspecified atom stereocenters. The number of nitrogens with one attached hydrogen (secondary N) is 1. The lowest BCUT2D eigenvalue weighted by molar-refractivity contribution is 0.0993. The molecule has 2 aromatic carbocycles. The van der Waals surface area contributed by atoms with E-state index in [4.69, 9.17) is 5.73 Å². The first-order valence-corrected chi connectivity index (χ1v) is 10.0. The van der Waals surface area contributed by atoms with Gasteiger partial charge in [-0.2, -0.15) is 0 Å². The Balaban J connectivity index is 1.62. The Kier molecular flexibility index (Phi) is 5.07. The number of carbonyl (C=O) groups is 2. The SMILES string of the molecule is CC(C)(C)c1ccc(-c2ccccc2C(=O)Nc2ccc3nc(C(N)=O)cn3c2)cc1. The Labute approximate surface area is 180 Å². The quantitative estimate of drug-likeness (QED) is 0.511. The van der Waals surface area contributed by atoms with Crippen LogP contribution in [-0.2, 0) is 5.41 Å². The summed E-state index contributed by atoms with van der Waals surface area (Å²) in [5, 5.41) is 2.93. The molecule has 4 rings (SSSR count). The van der Waals surface area contributed by atoms with Crippen molar-refractivity contribution in [2.24, 2.45) is 5.73 Å². The number of nitrogens with two attached hydrogens (primary N) is 1. The van der Waals surface area contributed by atoms with Crippen molar-refractivity contribution in [1.29, 1.82) is 0 Å². The summed E-state index contributed by atoms with van der Waals surface area (Å²) in [5.41, 5.74) is 10.4. The minimum atomic E-state index is -0.597. The smallest absolute Gasteiger partial charge is 0.268 e. The monoisotopic (exact) mass is 412 g/mol. The summed E-state index contributed by atoms with van der Waals surface area (Å²) in [5.74, 6) is -0.814. The Morgan fingerprint density at radius 1 is 0.935 bits per heavy atom. The van der Waals surface area contributed by atoms with E-state index in [9.17, 15) is 9.59 Å². The third-order valence-corrected chi connectivity index (χ3v) is 5.19. The van der Waals surface area contributed by atoms with Crippen LogP contribution in [0.15, 0.2) is 73.1 Å². The van der Waals surface area contributed by atoms with Gasteiger partial charge in [0, 0.05) is 18.0 Å². The van der Waals surface area contributed by atoms with Crippen LogP contribution in [0.4, 0.5) is 5.69 Å². The average molecular weight is 412 g/mol. The number of nitrogens with zero attached hydrogens (tertiary/aromatic N) is 2. The zero-order valence-corrected chi connectivity index (χ0v) is 17.7. The van der Waals surface area contributed by atoms with E-state index in [0.717, 1.165) is 11.1 Å². The van der Waals surface area contributed by atoms with Crippen molar-refractivity contribution in [2.45, 2.75) is 26.2 Å². The standard InChI is InChI=1S/C25H24N4O2/c1-25(2,3)17-10-8-16(9-11-17)19-6-4-5-7-20(19)24(31)27-18-12-13-22-28-21(23(26)30)15-29(22)14-18/h4-15H,1-3H3,(H2,26,30)(H,27,31). The van der Waals surface area contributed by atoms with Gasteiger partial charge in [0.15, 0.2) is 0 Å². The number of hydrogen-bond donors (Lipinski definition) is 2. The van der Waals surface area contributed by atoms with Crippen LogP contribution in [0.25, 0.3) is 16.8 Å². The zero-order valence-electron chi connectivity index (χ0n) is 17.7. The first-order chi connectivity index (χ1) is 14.7. The predicted molar refractivity (Wildman–Crippen MR) is 122 cm³/mol. The third kappa shape index (κ3) is 4.19. The average Bonchev–Trinajstić information content (AvgIpc) is 3.17. The number of aromatic nitrogens is 2. The number of primary amides is 1. The zero-order chi connectivity index (χ0) is 22.2. The van der Waals surface area contributed by atoms with Gasteiger partial charge in [0.05, 0.1) is 5.69 Å². The first-order valence-electron chi connectivity index (χ1n) is 10.0. The van der Waals surface area contributed by atoms with Crippen LogP contribution < -0.4 is 11.1 Å². The molecular weight excluding hydrogens is 388 g/mol. The molecule has 0 spiro atoms. The summed E-state index contributed by atoms with van der Waals surface area (Å²) in [6.07, 6.45) is 3.24. The van der Waals surface area contributed by atoms with E-state index < -0.39 is 5.91 Å². The number of anilines is 1. The molecule has 0 aliphatic rings. The maximum absolute atomic E-state index is 13.1. The minimum Gasteiger partial charge on any atom is -0.364 e. The second-order valence-electron chi connectivity index (χ2n) is 8.50. The molecule has 3 N–H and O–H groups in total. The topological polar surface area (TPSA) is 89.5 Å². The Morgan fingerprint density at radius 2 is 1.65 bits per heavy atom. The highest BCUT2D eigenvalue weighted by Gasteiger charge is 2.16. The Hall–Kier alpha value is -3.93. The maximum Gasteiger partial charge on any atom is 0.268 e. The van der Waals surface area contributed by atoms with E-state index in [2.05, 4.69) is 55.3 Å². The lowest BCUT2D eigenvalue weighted by atomic mass is 9.86. The number of hydrogen-bond acceptors (Lipinski definition) is 3. The van der Waals surface area contributed by atoms with Crippen molar-refractivity contribution in [3.8, 4) is 11.1 Å². The lowest BCUT2D eigenvalue weighted by Crippen LogP contribution is -2.13. The van der Waals surface area contributed by atoms with Crippen LogP contribution in [0.3, 0.4) is 0 Å². The molecule has 6 heteroatoms. The van der Waals surface area contributed by atoms with Crippen LogP contribution in [0.1, 0.15) is 47.2 Å². The van der Waals surface area contributed by atoms with Crippen LogP contribution in [0, 0.1) is 0 Å². The summed E-state index contributed by atoms with van der Waals surface area (Å²) >= 11 is 0. The maximum atomic E-state index is 13.1. The number of imidazole rings is 1. The highest BCUT2D eigenvalue weighted by Crippen LogP contribution is 2.28. The molecule has 0 bridgehead atoms. The minimum absolute atomic E-state index is 0.0652. The largest absolute Gasteiger partial charge is 0.364 e. The van der Waals surface area contributed by atoms with Crippen molar-refractivity contribution in [2.75, 3.05) is 5.32 Å². The Bertz CT molecular complexity index is 1280. The highest BCUT2D eigenvalue weighted by atomic mass is 16.2. The molecule has 2 aromatic heterocycles. The molecule has 0 fully saturated rings. The molecule has 0 atom stereocenters. The summed E-state index contributed by atoms with van der Waals surface area (Å²) in [7, 11) is 0. The van der Waals surface area contributed by atoms with Gasteiger partial charge in [-0.25, -0.2) is 4.98 Å². The van der Waals surface area contributed by atoms with E-state index in [1.165, 1.54) is 11.8 Å². The van der Waals surface area contributed by atoms with E-state index in [-0.39, 0.29) is 17.0 Å². The molecule has 4 aromatic rings. The molecule has 0 saturated heterocycles. The van der Waals surface area contributed by atoms with Crippen molar-refractivity contribution in [3.05, 3.63) is 89.9 Å². The molecule has 0 aliphatic heterocycles. The number of carbonyl (C=O) groups excluding carboxylic acids is 2. The number of fused-ring (bicyclic) bond motifs is 1. The van der Waals surface area contributed by atoms with Gasteiger partial charge in [0.25, 0.3) is 11.8 Å².